The third kappa shape index (κ3) is 15.2. The molecule has 0 saturated carbocycles. The van der Waals surface area contributed by atoms with Crippen LogP contribution in [0.3, 0.4) is 0 Å². The molecule has 0 aliphatic carbocycles. The molecule has 1 aromatic carbocycles. The standard InChI is InChI=1S/C30H48N6O10/c1-19(2)14-21(15-38)32-26(41)23(11-13-37)34-27(42)22(10-6-7-12-31)33-28(43)24(16-39)35-29(44)25(17-40)36-30(45)46-18-20-8-4-3-5-9-20/h3-5,8-9,15,19,21-25,37,39-40H,6-7,10-14,16-18,31H2,1-2H3,(H,32,41)(H,33,43)(H,34,42)(H,35,44)(H,36,45)/t21-,22-,23-,24-,25-/m0/s1. The van der Waals surface area contributed by atoms with E-state index in [9.17, 15) is 44.1 Å². The molecular formula is C30H48N6O10. The molecule has 0 saturated heterocycles. The summed E-state index contributed by atoms with van der Waals surface area (Å²) < 4.78 is 5.04. The minimum Gasteiger partial charge on any atom is -0.445 e. The molecule has 0 bridgehead atoms. The van der Waals surface area contributed by atoms with Crippen LogP contribution in [-0.4, -0.2) is 108 Å². The number of carbonyl (C=O) groups is 6. The van der Waals surface area contributed by atoms with Crippen molar-refractivity contribution >= 4 is 36.0 Å². The number of unbranched alkanes of at least 4 members (excludes halogenated alkanes) is 1. The molecule has 5 atom stereocenters. The smallest absolute Gasteiger partial charge is 0.408 e. The van der Waals surface area contributed by atoms with Gasteiger partial charge in [0.2, 0.25) is 23.6 Å². The number of ether oxygens (including phenoxy) is 1. The molecule has 16 heteroatoms. The van der Waals surface area contributed by atoms with E-state index < -0.39 is 79.8 Å². The van der Waals surface area contributed by atoms with Crippen molar-refractivity contribution in [1.29, 1.82) is 0 Å². The van der Waals surface area contributed by atoms with Crippen molar-refractivity contribution in [2.75, 3.05) is 26.4 Å². The van der Waals surface area contributed by atoms with E-state index in [-0.39, 0.29) is 25.4 Å². The molecule has 46 heavy (non-hydrogen) atoms. The number of nitrogens with two attached hydrogens (primary N) is 1. The average Bonchev–Trinajstić information content (AvgIpc) is 3.04. The second-order valence-electron chi connectivity index (χ2n) is 11.0. The number of carbonyl (C=O) groups excluding carboxylic acids is 6. The monoisotopic (exact) mass is 652 g/mol. The van der Waals surface area contributed by atoms with E-state index in [1.165, 1.54) is 0 Å². The molecule has 0 aliphatic rings. The maximum absolute atomic E-state index is 13.2. The second-order valence-corrected chi connectivity index (χ2v) is 11.0. The average molecular weight is 653 g/mol. The molecule has 0 heterocycles. The largest absolute Gasteiger partial charge is 0.445 e. The summed E-state index contributed by atoms with van der Waals surface area (Å²) in [4.78, 5) is 75.5. The summed E-state index contributed by atoms with van der Waals surface area (Å²) in [7, 11) is 0. The van der Waals surface area contributed by atoms with Crippen molar-refractivity contribution in [3.8, 4) is 0 Å². The van der Waals surface area contributed by atoms with E-state index in [1.807, 2.05) is 13.8 Å². The highest BCUT2D eigenvalue weighted by Crippen LogP contribution is 2.07. The molecule has 10 N–H and O–H groups in total. The summed E-state index contributed by atoms with van der Waals surface area (Å²) in [6.07, 6.45) is 0.734. The van der Waals surface area contributed by atoms with Crippen LogP contribution in [0.2, 0.25) is 0 Å². The Bertz CT molecular complexity index is 1110. The first-order chi connectivity index (χ1) is 22.0. The number of rotatable bonds is 22. The van der Waals surface area contributed by atoms with Crippen molar-refractivity contribution < 1.29 is 48.8 Å². The fourth-order valence-corrected chi connectivity index (χ4v) is 4.21. The van der Waals surface area contributed by atoms with Crippen molar-refractivity contribution in [2.24, 2.45) is 11.7 Å². The number of hydrogen-bond donors (Lipinski definition) is 9. The molecule has 0 spiro atoms. The van der Waals surface area contributed by atoms with Gasteiger partial charge in [-0.15, -0.1) is 0 Å². The first-order valence-electron chi connectivity index (χ1n) is 15.2. The lowest BCUT2D eigenvalue weighted by Gasteiger charge is -2.26. The van der Waals surface area contributed by atoms with Gasteiger partial charge in [0, 0.05) is 6.61 Å². The van der Waals surface area contributed by atoms with E-state index in [2.05, 4.69) is 26.6 Å². The zero-order valence-corrected chi connectivity index (χ0v) is 26.3. The number of nitrogens with one attached hydrogen (secondary N) is 5. The normalized spacial score (nSPS) is 14.2. The van der Waals surface area contributed by atoms with Gasteiger partial charge >= 0.3 is 6.09 Å². The fourth-order valence-electron chi connectivity index (χ4n) is 4.21. The molecule has 0 fully saturated rings. The number of alkyl carbamates (subject to hydrolysis) is 1. The van der Waals surface area contributed by atoms with Gasteiger partial charge in [0.05, 0.1) is 19.3 Å². The molecule has 5 amide bonds. The van der Waals surface area contributed by atoms with E-state index in [1.54, 1.807) is 30.3 Å². The fraction of sp³-hybridized carbons (Fsp3) is 0.600. The topological polar surface area (TPSA) is 259 Å². The van der Waals surface area contributed by atoms with Crippen LogP contribution in [0.4, 0.5) is 4.79 Å². The first-order valence-corrected chi connectivity index (χ1v) is 15.2. The lowest BCUT2D eigenvalue weighted by atomic mass is 10.0. The Morgan fingerprint density at radius 2 is 1.28 bits per heavy atom. The van der Waals surface area contributed by atoms with Gasteiger partial charge in [-0.3, -0.25) is 19.2 Å². The summed E-state index contributed by atoms with van der Waals surface area (Å²) in [5.41, 5.74) is 6.24. The minimum absolute atomic E-state index is 0.0761. The maximum Gasteiger partial charge on any atom is 0.408 e. The van der Waals surface area contributed by atoms with Crippen LogP contribution < -0.4 is 32.3 Å². The van der Waals surface area contributed by atoms with Crippen LogP contribution in [0.1, 0.15) is 51.5 Å². The molecule has 0 radical (unpaired) electrons. The zero-order chi connectivity index (χ0) is 34.5. The van der Waals surface area contributed by atoms with Crippen molar-refractivity contribution in [2.45, 2.75) is 82.8 Å². The number of aldehydes is 1. The minimum atomic E-state index is -1.59. The van der Waals surface area contributed by atoms with Crippen LogP contribution in [0, 0.1) is 5.92 Å². The summed E-state index contributed by atoms with van der Waals surface area (Å²) in [5, 5.41) is 40.8. The highest BCUT2D eigenvalue weighted by atomic mass is 16.5. The summed E-state index contributed by atoms with van der Waals surface area (Å²) in [6, 6.07) is 2.32. The molecule has 0 unspecified atom stereocenters. The SMILES string of the molecule is CC(C)C[C@@H](C=O)NC(=O)[C@H](CCO)NC(=O)[C@H](CCCCN)NC(=O)[C@H](CO)NC(=O)[C@H](CO)NC(=O)OCc1ccccc1. The third-order valence-corrected chi connectivity index (χ3v) is 6.67. The molecular weight excluding hydrogens is 604 g/mol. The Morgan fingerprint density at radius 3 is 1.80 bits per heavy atom. The van der Waals surface area contributed by atoms with Crippen LogP contribution in [0.5, 0.6) is 0 Å². The van der Waals surface area contributed by atoms with E-state index in [0.29, 0.717) is 37.7 Å². The number of aliphatic hydroxyl groups is 3. The van der Waals surface area contributed by atoms with Gasteiger partial charge in [-0.25, -0.2) is 4.79 Å². The van der Waals surface area contributed by atoms with Crippen molar-refractivity contribution in [1.82, 2.24) is 26.6 Å². The molecule has 0 aliphatic heterocycles. The van der Waals surface area contributed by atoms with Crippen LogP contribution >= 0.6 is 0 Å². The molecule has 258 valence electrons. The maximum atomic E-state index is 13.2. The number of amides is 5. The van der Waals surface area contributed by atoms with Crippen LogP contribution in [-0.2, 0) is 35.3 Å². The van der Waals surface area contributed by atoms with E-state index >= 15 is 0 Å². The van der Waals surface area contributed by atoms with E-state index in [4.69, 9.17) is 10.5 Å². The number of hydrogen-bond acceptors (Lipinski definition) is 11. The van der Waals surface area contributed by atoms with E-state index in [0.717, 1.165) is 0 Å². The van der Waals surface area contributed by atoms with Crippen molar-refractivity contribution in [3.63, 3.8) is 0 Å². The lowest BCUT2D eigenvalue weighted by Crippen LogP contribution is -2.59. The van der Waals surface area contributed by atoms with Crippen LogP contribution in [0.15, 0.2) is 30.3 Å². The molecule has 0 aromatic heterocycles. The van der Waals surface area contributed by atoms with Gasteiger partial charge < -0.3 is 57.2 Å². The molecule has 1 aromatic rings. The number of aliphatic hydroxyl groups excluding tert-OH is 3. The van der Waals surface area contributed by atoms with Gasteiger partial charge in [0.1, 0.15) is 37.1 Å². The Hall–Kier alpha value is -4.12. The van der Waals surface area contributed by atoms with Crippen LogP contribution in [0.25, 0.3) is 0 Å². The Balaban J connectivity index is 2.91. The third-order valence-electron chi connectivity index (χ3n) is 6.67. The highest BCUT2D eigenvalue weighted by molar-refractivity contribution is 5.95. The molecule has 1 rings (SSSR count). The van der Waals surface area contributed by atoms with Gasteiger partial charge in [0.25, 0.3) is 0 Å². The predicted octanol–water partition coefficient (Wildman–Crippen LogP) is -2.04. The number of benzene rings is 1. The summed E-state index contributed by atoms with van der Waals surface area (Å²) in [6.45, 7) is 1.73. The van der Waals surface area contributed by atoms with Gasteiger partial charge in [0.15, 0.2) is 0 Å². The molecule has 16 nitrogen and oxygen atoms in total. The first kappa shape index (κ1) is 39.9. The van der Waals surface area contributed by atoms with Gasteiger partial charge in [-0.1, -0.05) is 44.2 Å². The Labute approximate surface area is 268 Å². The Morgan fingerprint density at radius 1 is 0.761 bits per heavy atom. The summed E-state index contributed by atoms with van der Waals surface area (Å²) >= 11 is 0. The zero-order valence-electron chi connectivity index (χ0n) is 26.3. The summed E-state index contributed by atoms with van der Waals surface area (Å²) in [5.74, 6) is -3.36. The van der Waals surface area contributed by atoms with Crippen molar-refractivity contribution in [3.05, 3.63) is 35.9 Å². The van der Waals surface area contributed by atoms with Gasteiger partial charge in [-0.05, 0) is 50.1 Å². The quantitative estimate of drug-likeness (QED) is 0.0487. The lowest BCUT2D eigenvalue weighted by molar-refractivity contribution is -0.135. The Kier molecular flexibility index (Phi) is 19.4. The van der Waals surface area contributed by atoms with Gasteiger partial charge in [-0.2, -0.15) is 0 Å². The predicted molar refractivity (Wildman–Crippen MR) is 166 cm³/mol. The second kappa shape index (κ2) is 22.4. The highest BCUT2D eigenvalue weighted by Gasteiger charge is 2.31.